The molecule has 0 radical (unpaired) electrons. The molecule has 0 saturated carbocycles. The molecule has 0 aromatic carbocycles. The molecule has 0 aromatic heterocycles. The topological polar surface area (TPSA) is 46.6 Å². The van der Waals surface area contributed by atoms with Crippen LogP contribution in [0, 0.1) is 5.92 Å². The number of alkyl halides is 3. The zero-order valence-electron chi connectivity index (χ0n) is 11.0. The molecule has 1 unspecified atom stereocenters. The maximum absolute atomic E-state index is 12.2. The molecule has 0 spiro atoms. The number of carbonyl (C=O) groups excluding carboxylic acids is 2. The summed E-state index contributed by atoms with van der Waals surface area (Å²) in [5.41, 5.74) is 0.547. The highest BCUT2D eigenvalue weighted by atomic mass is 35.6. The first-order valence-corrected chi connectivity index (χ1v) is 6.81. The summed E-state index contributed by atoms with van der Waals surface area (Å²) in [6, 6.07) is 0. The molecule has 1 aliphatic heterocycles. The molecule has 0 N–H and O–H groups in total. The predicted octanol–water partition coefficient (Wildman–Crippen LogP) is 3.00. The Hall–Kier alpha value is -0.970. The normalized spacial score (nSPS) is 19.1. The van der Waals surface area contributed by atoms with Crippen LogP contribution in [0.3, 0.4) is 0 Å². The minimum atomic E-state index is -2.08. The summed E-state index contributed by atoms with van der Waals surface area (Å²) in [6.07, 6.45) is 5.05. The highest BCUT2D eigenvalue weighted by Crippen LogP contribution is 2.38. The van der Waals surface area contributed by atoms with E-state index in [1.165, 1.54) is 13.3 Å². The van der Waals surface area contributed by atoms with Gasteiger partial charge < -0.3 is 9.64 Å². The van der Waals surface area contributed by atoms with Crippen molar-refractivity contribution in [3.63, 3.8) is 0 Å². The van der Waals surface area contributed by atoms with Crippen molar-refractivity contribution in [3.8, 4) is 0 Å². The van der Waals surface area contributed by atoms with E-state index in [1.54, 1.807) is 24.2 Å². The molecule has 20 heavy (non-hydrogen) atoms. The van der Waals surface area contributed by atoms with Crippen LogP contribution < -0.4 is 0 Å². The first kappa shape index (κ1) is 17.1. The second-order valence-corrected chi connectivity index (χ2v) is 6.51. The molecule has 1 heterocycles. The van der Waals surface area contributed by atoms with E-state index < -0.39 is 21.5 Å². The van der Waals surface area contributed by atoms with Crippen LogP contribution in [0.1, 0.15) is 6.42 Å². The molecule has 0 fully saturated rings. The summed E-state index contributed by atoms with van der Waals surface area (Å²) >= 11 is 17.0. The Morgan fingerprint density at radius 3 is 2.40 bits per heavy atom. The monoisotopic (exact) mass is 337 g/mol. The van der Waals surface area contributed by atoms with E-state index in [1.807, 2.05) is 0 Å². The van der Waals surface area contributed by atoms with Crippen molar-refractivity contribution >= 4 is 46.6 Å². The second-order valence-electron chi connectivity index (χ2n) is 4.23. The number of hydrogen-bond donors (Lipinski definition) is 0. The fourth-order valence-electron chi connectivity index (χ4n) is 1.94. The number of nitrogens with zero attached hydrogens (tertiary/aromatic N) is 1. The van der Waals surface area contributed by atoms with Gasteiger partial charge in [-0.3, -0.25) is 4.79 Å². The summed E-state index contributed by atoms with van der Waals surface area (Å²) in [5.74, 6) is -1.75. The number of esters is 1. The fraction of sp³-hybridized carbons (Fsp3) is 0.385. The van der Waals surface area contributed by atoms with Crippen LogP contribution in [0.15, 0.2) is 36.2 Å². The molecule has 4 nitrogen and oxygen atoms in total. The van der Waals surface area contributed by atoms with Crippen LogP contribution in [0.2, 0.25) is 0 Å². The van der Waals surface area contributed by atoms with Crippen molar-refractivity contribution in [1.82, 2.24) is 4.90 Å². The Kier molecular flexibility index (Phi) is 5.68. The van der Waals surface area contributed by atoms with E-state index in [4.69, 9.17) is 39.5 Å². The van der Waals surface area contributed by atoms with E-state index in [0.717, 1.165) is 0 Å². The minimum Gasteiger partial charge on any atom is -0.466 e. The molecule has 1 rings (SSSR count). The number of halogens is 3. The lowest BCUT2D eigenvalue weighted by molar-refractivity contribution is -0.136. The molecule has 0 bridgehead atoms. The van der Waals surface area contributed by atoms with Crippen LogP contribution in [-0.2, 0) is 14.3 Å². The van der Waals surface area contributed by atoms with Crippen LogP contribution in [0.5, 0.6) is 0 Å². The summed E-state index contributed by atoms with van der Waals surface area (Å²) < 4.78 is 2.64. The summed E-state index contributed by atoms with van der Waals surface area (Å²) in [5, 5.41) is 0. The number of ether oxygens (including phenoxy) is 1. The molecule has 110 valence electrons. The fourth-order valence-corrected chi connectivity index (χ4v) is 2.26. The Morgan fingerprint density at radius 1 is 1.40 bits per heavy atom. The first-order valence-electron chi connectivity index (χ1n) is 5.68. The third-order valence-electron chi connectivity index (χ3n) is 2.78. The smallest absolute Gasteiger partial charge is 0.335 e. The average Bonchev–Trinajstić information content (AvgIpc) is 2.37. The van der Waals surface area contributed by atoms with Gasteiger partial charge in [0.05, 0.1) is 12.7 Å². The molecular weight excluding hydrogens is 325 g/mol. The van der Waals surface area contributed by atoms with Crippen LogP contribution in [0.25, 0.3) is 0 Å². The Balaban J connectivity index is 3.25. The maximum atomic E-state index is 12.2. The Morgan fingerprint density at radius 2 is 1.95 bits per heavy atom. The van der Waals surface area contributed by atoms with E-state index in [-0.39, 0.29) is 5.57 Å². The highest BCUT2D eigenvalue weighted by molar-refractivity contribution is 6.77. The van der Waals surface area contributed by atoms with Crippen LogP contribution in [-0.4, -0.2) is 34.6 Å². The van der Waals surface area contributed by atoms with Crippen molar-refractivity contribution < 1.29 is 14.3 Å². The van der Waals surface area contributed by atoms with Gasteiger partial charge in [-0.25, -0.2) is 4.79 Å². The maximum Gasteiger partial charge on any atom is 0.335 e. The van der Waals surface area contributed by atoms with Gasteiger partial charge in [-0.2, -0.15) is 0 Å². The number of methoxy groups -OCH3 is 1. The molecule has 0 aliphatic carbocycles. The van der Waals surface area contributed by atoms with Crippen molar-refractivity contribution in [2.75, 3.05) is 14.2 Å². The van der Waals surface area contributed by atoms with Gasteiger partial charge in [-0.05, 0) is 6.42 Å². The zero-order valence-corrected chi connectivity index (χ0v) is 13.3. The molecule has 1 aliphatic rings. The lowest BCUT2D eigenvalue weighted by Crippen LogP contribution is -2.32. The number of hydrogen-bond acceptors (Lipinski definition) is 4. The molecule has 7 heteroatoms. The second kappa shape index (κ2) is 6.66. The van der Waals surface area contributed by atoms with E-state index >= 15 is 0 Å². The summed E-state index contributed by atoms with van der Waals surface area (Å²) in [4.78, 5) is 25.6. The van der Waals surface area contributed by atoms with E-state index in [2.05, 4.69) is 6.58 Å². The largest absolute Gasteiger partial charge is 0.466 e. The Labute approximate surface area is 132 Å². The van der Waals surface area contributed by atoms with Gasteiger partial charge in [0.25, 0.3) is 3.79 Å². The van der Waals surface area contributed by atoms with Gasteiger partial charge in [0.1, 0.15) is 0 Å². The SMILES string of the molecule is C=CCC1C(C(=O)OC)=CN(C)C=C1C(=O)C(Cl)(Cl)Cl. The number of allylic oxidation sites excluding steroid dienone is 2. The summed E-state index contributed by atoms with van der Waals surface area (Å²) in [6.45, 7) is 3.62. The Bertz CT molecular complexity index is 492. The number of Topliss-reactive ketones (excluding diaryl/α,β-unsaturated/α-hetero) is 1. The lowest BCUT2D eigenvalue weighted by Gasteiger charge is -2.29. The third kappa shape index (κ3) is 3.78. The molecule has 0 amide bonds. The van der Waals surface area contributed by atoms with E-state index in [0.29, 0.717) is 12.0 Å². The van der Waals surface area contributed by atoms with Crippen molar-refractivity contribution in [1.29, 1.82) is 0 Å². The third-order valence-corrected chi connectivity index (χ3v) is 3.29. The van der Waals surface area contributed by atoms with E-state index in [9.17, 15) is 9.59 Å². The van der Waals surface area contributed by atoms with Gasteiger partial charge in [-0.1, -0.05) is 40.9 Å². The van der Waals surface area contributed by atoms with Gasteiger partial charge in [-0.15, -0.1) is 6.58 Å². The van der Waals surface area contributed by atoms with Gasteiger partial charge >= 0.3 is 5.97 Å². The van der Waals surface area contributed by atoms with Crippen LogP contribution in [0.4, 0.5) is 0 Å². The predicted molar refractivity (Wildman–Crippen MR) is 79.5 cm³/mol. The van der Waals surface area contributed by atoms with Gasteiger partial charge in [0, 0.05) is 30.9 Å². The highest BCUT2D eigenvalue weighted by Gasteiger charge is 2.40. The molecule has 0 aromatic rings. The van der Waals surface area contributed by atoms with Crippen molar-refractivity contribution in [3.05, 3.63) is 36.2 Å². The number of rotatable bonds is 4. The molecular formula is C13H14Cl3NO3. The van der Waals surface area contributed by atoms with Crippen molar-refractivity contribution in [2.24, 2.45) is 5.92 Å². The van der Waals surface area contributed by atoms with Gasteiger partial charge in [0.2, 0.25) is 5.78 Å². The first-order chi connectivity index (χ1) is 9.22. The van der Waals surface area contributed by atoms with Crippen molar-refractivity contribution in [2.45, 2.75) is 10.2 Å². The quantitative estimate of drug-likeness (QED) is 0.449. The minimum absolute atomic E-state index is 0.232. The van der Waals surface area contributed by atoms with Crippen LogP contribution >= 0.6 is 34.8 Å². The standard InChI is InChI=1S/C13H14Cl3NO3/c1-4-5-8-9(11(18)13(14,15)16)6-17(2)7-10(8)12(19)20-3/h4,6-8H,1,5H2,2-3H3. The molecule has 0 saturated heterocycles. The number of ketones is 1. The lowest BCUT2D eigenvalue weighted by atomic mass is 9.85. The van der Waals surface area contributed by atoms with Gasteiger partial charge in [0.15, 0.2) is 0 Å². The molecule has 1 atom stereocenters. The average molecular weight is 339 g/mol. The number of carbonyl (C=O) groups is 2. The zero-order chi connectivity index (χ0) is 15.5. The summed E-state index contributed by atoms with van der Waals surface area (Å²) in [7, 11) is 2.93.